The van der Waals surface area contributed by atoms with E-state index in [1.807, 2.05) is 18.2 Å². The summed E-state index contributed by atoms with van der Waals surface area (Å²) in [6.45, 7) is 9.88. The second-order valence-corrected chi connectivity index (χ2v) is 4.90. The first kappa shape index (κ1) is 16.6. The summed E-state index contributed by atoms with van der Waals surface area (Å²) in [5.41, 5.74) is 0.935. The average molecular weight is 280 g/mol. The van der Waals surface area contributed by atoms with Crippen LogP contribution in [0.2, 0.25) is 0 Å². The number of nitrogens with zero attached hydrogens (tertiary/aromatic N) is 1. The van der Waals surface area contributed by atoms with Crippen LogP contribution in [0.4, 0.5) is 5.69 Å². The van der Waals surface area contributed by atoms with Crippen LogP contribution in [-0.4, -0.2) is 44.8 Å². The molecule has 0 saturated heterocycles. The number of methoxy groups -OCH3 is 2. The van der Waals surface area contributed by atoms with E-state index in [1.165, 1.54) is 0 Å². The molecule has 1 aromatic carbocycles. The third-order valence-electron chi connectivity index (χ3n) is 3.59. The molecule has 114 valence electrons. The molecular formula is C16H28N2O2. The number of benzene rings is 1. The van der Waals surface area contributed by atoms with Gasteiger partial charge in [-0.25, -0.2) is 0 Å². The molecule has 20 heavy (non-hydrogen) atoms. The molecule has 0 heterocycles. The number of rotatable bonds is 9. The molecule has 0 aliphatic carbocycles. The van der Waals surface area contributed by atoms with Crippen molar-refractivity contribution in [2.45, 2.75) is 33.2 Å². The van der Waals surface area contributed by atoms with E-state index in [0.29, 0.717) is 6.04 Å². The summed E-state index contributed by atoms with van der Waals surface area (Å²) < 4.78 is 10.8. The van der Waals surface area contributed by atoms with Crippen molar-refractivity contribution in [2.24, 2.45) is 0 Å². The molecule has 0 aromatic heterocycles. The van der Waals surface area contributed by atoms with Gasteiger partial charge in [-0.15, -0.1) is 0 Å². The van der Waals surface area contributed by atoms with Crippen LogP contribution in [-0.2, 0) is 0 Å². The van der Waals surface area contributed by atoms with Gasteiger partial charge in [0.1, 0.15) is 17.2 Å². The van der Waals surface area contributed by atoms with E-state index in [4.69, 9.17) is 9.47 Å². The Bertz CT molecular complexity index is 370. The van der Waals surface area contributed by atoms with Crippen molar-refractivity contribution in [3.63, 3.8) is 0 Å². The van der Waals surface area contributed by atoms with Gasteiger partial charge in [0, 0.05) is 12.6 Å². The molecule has 1 unspecified atom stereocenters. The van der Waals surface area contributed by atoms with Gasteiger partial charge >= 0.3 is 0 Å². The molecule has 0 spiro atoms. The molecule has 0 saturated carbocycles. The Balaban J connectivity index is 2.67. The third kappa shape index (κ3) is 4.60. The first-order valence-corrected chi connectivity index (χ1v) is 7.36. The molecule has 4 heteroatoms. The van der Waals surface area contributed by atoms with Crippen molar-refractivity contribution in [3.8, 4) is 11.5 Å². The topological polar surface area (TPSA) is 33.7 Å². The largest absolute Gasteiger partial charge is 0.494 e. The molecule has 0 fully saturated rings. The zero-order valence-electron chi connectivity index (χ0n) is 13.4. The second-order valence-electron chi connectivity index (χ2n) is 4.90. The van der Waals surface area contributed by atoms with E-state index in [1.54, 1.807) is 14.2 Å². The third-order valence-corrected chi connectivity index (χ3v) is 3.59. The molecule has 0 amide bonds. The van der Waals surface area contributed by atoms with E-state index in [-0.39, 0.29) is 0 Å². The van der Waals surface area contributed by atoms with Gasteiger partial charge < -0.3 is 19.7 Å². The highest BCUT2D eigenvalue weighted by Crippen LogP contribution is 2.34. The van der Waals surface area contributed by atoms with Crippen molar-refractivity contribution >= 4 is 5.69 Å². The first-order chi connectivity index (χ1) is 9.65. The van der Waals surface area contributed by atoms with Crippen LogP contribution < -0.4 is 14.8 Å². The maximum absolute atomic E-state index is 5.40. The maximum Gasteiger partial charge on any atom is 0.145 e. The van der Waals surface area contributed by atoms with Crippen molar-refractivity contribution < 1.29 is 9.47 Å². The minimum Gasteiger partial charge on any atom is -0.494 e. The molecule has 1 N–H and O–H groups in total. The quantitative estimate of drug-likeness (QED) is 0.753. The lowest BCUT2D eigenvalue weighted by atomic mass is 10.2. The van der Waals surface area contributed by atoms with Crippen LogP contribution in [0.1, 0.15) is 27.2 Å². The van der Waals surface area contributed by atoms with Crippen molar-refractivity contribution in [3.05, 3.63) is 18.2 Å². The van der Waals surface area contributed by atoms with Crippen molar-refractivity contribution in [1.29, 1.82) is 0 Å². The van der Waals surface area contributed by atoms with Crippen molar-refractivity contribution in [1.82, 2.24) is 4.90 Å². The monoisotopic (exact) mass is 280 g/mol. The summed E-state index contributed by atoms with van der Waals surface area (Å²) in [5.74, 6) is 1.64. The Morgan fingerprint density at radius 1 is 1.10 bits per heavy atom. The van der Waals surface area contributed by atoms with E-state index < -0.39 is 0 Å². The fraction of sp³-hybridized carbons (Fsp3) is 0.625. The normalized spacial score (nSPS) is 12.3. The molecule has 1 atom stereocenters. The molecular weight excluding hydrogens is 252 g/mol. The average Bonchev–Trinajstić information content (AvgIpc) is 2.48. The van der Waals surface area contributed by atoms with Gasteiger partial charge in [-0.3, -0.25) is 0 Å². The van der Waals surface area contributed by atoms with Gasteiger partial charge in [-0.05, 0) is 38.6 Å². The molecule has 1 aromatic rings. The predicted octanol–water partition coefficient (Wildman–Crippen LogP) is 3.24. The maximum atomic E-state index is 5.40. The van der Waals surface area contributed by atoms with Crippen LogP contribution in [0.25, 0.3) is 0 Å². The second kappa shape index (κ2) is 8.69. The van der Waals surface area contributed by atoms with E-state index in [0.717, 1.165) is 43.2 Å². The number of anilines is 1. The van der Waals surface area contributed by atoms with Gasteiger partial charge in [-0.2, -0.15) is 0 Å². The van der Waals surface area contributed by atoms with Crippen LogP contribution in [0.15, 0.2) is 18.2 Å². The lowest BCUT2D eigenvalue weighted by molar-refractivity contribution is 0.294. The van der Waals surface area contributed by atoms with E-state index in [9.17, 15) is 0 Å². The van der Waals surface area contributed by atoms with Crippen LogP contribution in [0.5, 0.6) is 11.5 Å². The molecule has 1 rings (SSSR count). The Morgan fingerprint density at radius 2 is 1.65 bits per heavy atom. The van der Waals surface area contributed by atoms with Gasteiger partial charge in [0.15, 0.2) is 0 Å². The van der Waals surface area contributed by atoms with Gasteiger partial charge in [0.05, 0.1) is 14.2 Å². The number of ether oxygens (including phenoxy) is 2. The predicted molar refractivity (Wildman–Crippen MR) is 85.0 cm³/mol. The van der Waals surface area contributed by atoms with Crippen LogP contribution in [0, 0.1) is 0 Å². The standard InChI is InChI=1S/C16H28N2O2/c1-6-18(7-2)12-11-13(3)17-16-14(19-4)9-8-10-15(16)20-5/h8-10,13,17H,6-7,11-12H2,1-5H3. The SMILES string of the molecule is CCN(CC)CCC(C)Nc1c(OC)cccc1OC. The first-order valence-electron chi connectivity index (χ1n) is 7.36. The molecule has 0 radical (unpaired) electrons. The Morgan fingerprint density at radius 3 is 2.10 bits per heavy atom. The Labute approximate surface area is 123 Å². The highest BCUT2D eigenvalue weighted by molar-refractivity contribution is 5.66. The van der Waals surface area contributed by atoms with E-state index >= 15 is 0 Å². The minimum absolute atomic E-state index is 0.362. The molecule has 0 aliphatic rings. The summed E-state index contributed by atoms with van der Waals surface area (Å²) in [6, 6.07) is 6.19. The fourth-order valence-corrected chi connectivity index (χ4v) is 2.23. The zero-order valence-corrected chi connectivity index (χ0v) is 13.4. The summed E-state index contributed by atoms with van der Waals surface area (Å²) in [5, 5.41) is 3.51. The van der Waals surface area contributed by atoms with Gasteiger partial charge in [0.2, 0.25) is 0 Å². The number of para-hydroxylation sites is 1. The Kier molecular flexibility index (Phi) is 7.23. The highest BCUT2D eigenvalue weighted by atomic mass is 16.5. The highest BCUT2D eigenvalue weighted by Gasteiger charge is 2.13. The summed E-state index contributed by atoms with van der Waals surface area (Å²) in [4.78, 5) is 2.43. The number of nitrogens with one attached hydrogen (secondary N) is 1. The number of hydrogen-bond donors (Lipinski definition) is 1. The minimum atomic E-state index is 0.362. The smallest absolute Gasteiger partial charge is 0.145 e. The molecule has 0 aliphatic heterocycles. The lowest BCUT2D eigenvalue weighted by Crippen LogP contribution is -2.28. The summed E-state index contributed by atoms with van der Waals surface area (Å²) >= 11 is 0. The van der Waals surface area contributed by atoms with Crippen LogP contribution in [0.3, 0.4) is 0 Å². The zero-order chi connectivity index (χ0) is 15.0. The lowest BCUT2D eigenvalue weighted by Gasteiger charge is -2.23. The Hall–Kier alpha value is -1.42. The van der Waals surface area contributed by atoms with E-state index in [2.05, 4.69) is 31.0 Å². The van der Waals surface area contributed by atoms with Crippen LogP contribution >= 0.6 is 0 Å². The number of hydrogen-bond acceptors (Lipinski definition) is 4. The molecule has 4 nitrogen and oxygen atoms in total. The summed E-state index contributed by atoms with van der Waals surface area (Å²) in [7, 11) is 3.36. The van der Waals surface area contributed by atoms with Crippen molar-refractivity contribution in [2.75, 3.05) is 39.2 Å². The van der Waals surface area contributed by atoms with Gasteiger partial charge in [0.25, 0.3) is 0 Å². The summed E-state index contributed by atoms with van der Waals surface area (Å²) in [6.07, 6.45) is 1.09. The fourth-order valence-electron chi connectivity index (χ4n) is 2.23. The molecule has 0 bridgehead atoms. The van der Waals surface area contributed by atoms with Gasteiger partial charge in [-0.1, -0.05) is 19.9 Å².